The third-order valence-corrected chi connectivity index (χ3v) is 1.74. The highest BCUT2D eigenvalue weighted by molar-refractivity contribution is 5.78. The molecule has 1 rings (SSSR count). The van der Waals surface area contributed by atoms with Crippen LogP contribution in [0.15, 0.2) is 36.9 Å². The highest BCUT2D eigenvalue weighted by Crippen LogP contribution is 2.09. The number of hydrogen-bond acceptors (Lipinski definition) is 2. The van der Waals surface area contributed by atoms with Crippen molar-refractivity contribution in [3.63, 3.8) is 0 Å². The zero-order valence-electron chi connectivity index (χ0n) is 7.86. The van der Waals surface area contributed by atoms with E-state index in [-0.39, 0.29) is 11.7 Å². The minimum absolute atomic E-state index is 0.0458. The number of carbonyl (C=O) groups excluding carboxylic acids is 1. The second-order valence-corrected chi connectivity index (χ2v) is 2.94. The first kappa shape index (κ1) is 10.3. The predicted molar refractivity (Wildman–Crippen MR) is 55.0 cm³/mol. The van der Waals surface area contributed by atoms with Crippen molar-refractivity contribution in [2.45, 2.75) is 6.42 Å². The molecule has 0 bridgehead atoms. The van der Waals surface area contributed by atoms with E-state index in [1.807, 2.05) is 0 Å². The van der Waals surface area contributed by atoms with Gasteiger partial charge in [0.1, 0.15) is 5.75 Å². The quantitative estimate of drug-likeness (QED) is 0.703. The van der Waals surface area contributed by atoms with E-state index >= 15 is 0 Å². The molecule has 3 nitrogen and oxygen atoms in total. The summed E-state index contributed by atoms with van der Waals surface area (Å²) >= 11 is 0. The summed E-state index contributed by atoms with van der Waals surface area (Å²) in [6.45, 7) is 3.99. The Labute approximate surface area is 83.1 Å². The van der Waals surface area contributed by atoms with Crippen LogP contribution in [0.3, 0.4) is 0 Å². The van der Waals surface area contributed by atoms with Crippen molar-refractivity contribution in [3.05, 3.63) is 42.5 Å². The topological polar surface area (TPSA) is 49.3 Å². The number of benzene rings is 1. The molecule has 74 valence electrons. The normalized spacial score (nSPS) is 9.43. The Hall–Kier alpha value is -1.77. The standard InChI is InChI=1S/C11H13NO2/c1-2-7-12-11(14)8-9-3-5-10(13)6-4-9/h2-6,13H,1,7-8H2,(H,12,14). The van der Waals surface area contributed by atoms with Crippen LogP contribution >= 0.6 is 0 Å². The molecule has 3 heteroatoms. The van der Waals surface area contributed by atoms with Gasteiger partial charge in [0.2, 0.25) is 5.91 Å². The fourth-order valence-electron chi connectivity index (χ4n) is 1.05. The summed E-state index contributed by atoms with van der Waals surface area (Å²) in [5.74, 6) is 0.163. The van der Waals surface area contributed by atoms with Gasteiger partial charge in [-0.3, -0.25) is 4.79 Å². The van der Waals surface area contributed by atoms with E-state index in [4.69, 9.17) is 5.11 Å². The molecular formula is C11H13NO2. The van der Waals surface area contributed by atoms with E-state index in [2.05, 4.69) is 11.9 Å². The number of phenolic OH excluding ortho intramolecular Hbond substituents is 1. The van der Waals surface area contributed by atoms with Crippen molar-refractivity contribution in [2.24, 2.45) is 0 Å². The van der Waals surface area contributed by atoms with Gasteiger partial charge in [-0.05, 0) is 17.7 Å². The summed E-state index contributed by atoms with van der Waals surface area (Å²) in [7, 11) is 0. The number of aromatic hydroxyl groups is 1. The van der Waals surface area contributed by atoms with E-state index in [1.165, 1.54) is 0 Å². The van der Waals surface area contributed by atoms with Crippen LogP contribution < -0.4 is 5.32 Å². The van der Waals surface area contributed by atoms with Crippen LogP contribution in [0.25, 0.3) is 0 Å². The number of rotatable bonds is 4. The summed E-state index contributed by atoms with van der Waals surface area (Å²) in [6.07, 6.45) is 1.96. The second-order valence-electron chi connectivity index (χ2n) is 2.94. The van der Waals surface area contributed by atoms with Crippen LogP contribution in [0, 0.1) is 0 Å². The first-order valence-electron chi connectivity index (χ1n) is 4.38. The lowest BCUT2D eigenvalue weighted by Crippen LogP contribution is -2.24. The van der Waals surface area contributed by atoms with Gasteiger partial charge in [0.05, 0.1) is 6.42 Å². The first-order chi connectivity index (χ1) is 6.72. The van der Waals surface area contributed by atoms with Crippen molar-refractivity contribution in [2.75, 3.05) is 6.54 Å². The molecule has 2 N–H and O–H groups in total. The van der Waals surface area contributed by atoms with Gasteiger partial charge in [0, 0.05) is 6.54 Å². The Morgan fingerprint density at radius 2 is 2.07 bits per heavy atom. The zero-order chi connectivity index (χ0) is 10.4. The molecular weight excluding hydrogens is 178 g/mol. The van der Waals surface area contributed by atoms with Crippen LogP contribution in [0.1, 0.15) is 5.56 Å². The molecule has 1 aromatic carbocycles. The molecule has 0 aromatic heterocycles. The molecule has 0 spiro atoms. The van der Waals surface area contributed by atoms with Crippen molar-refractivity contribution in [1.82, 2.24) is 5.32 Å². The van der Waals surface area contributed by atoms with Gasteiger partial charge >= 0.3 is 0 Å². The van der Waals surface area contributed by atoms with E-state index in [0.29, 0.717) is 13.0 Å². The minimum Gasteiger partial charge on any atom is -0.508 e. The first-order valence-corrected chi connectivity index (χ1v) is 4.38. The van der Waals surface area contributed by atoms with Crippen LogP contribution in [0.5, 0.6) is 5.75 Å². The number of carbonyl (C=O) groups is 1. The molecule has 0 radical (unpaired) electrons. The molecule has 0 saturated heterocycles. The van der Waals surface area contributed by atoms with Crippen LogP contribution in [0.4, 0.5) is 0 Å². The molecule has 0 aliphatic carbocycles. The number of amides is 1. The third-order valence-electron chi connectivity index (χ3n) is 1.74. The van der Waals surface area contributed by atoms with Crippen molar-refractivity contribution in [1.29, 1.82) is 0 Å². The summed E-state index contributed by atoms with van der Waals surface area (Å²) < 4.78 is 0. The van der Waals surface area contributed by atoms with Gasteiger partial charge in [-0.25, -0.2) is 0 Å². The fourth-order valence-corrected chi connectivity index (χ4v) is 1.05. The van der Waals surface area contributed by atoms with Crippen molar-refractivity contribution < 1.29 is 9.90 Å². The van der Waals surface area contributed by atoms with Gasteiger partial charge in [-0.1, -0.05) is 18.2 Å². The average molecular weight is 191 g/mol. The van der Waals surface area contributed by atoms with Gasteiger partial charge < -0.3 is 10.4 Å². The lowest BCUT2D eigenvalue weighted by Gasteiger charge is -2.02. The molecule has 0 heterocycles. The number of phenols is 1. The Bertz CT molecular complexity index is 317. The van der Waals surface area contributed by atoms with Crippen LogP contribution in [0.2, 0.25) is 0 Å². The molecule has 0 saturated carbocycles. The summed E-state index contributed by atoms with van der Waals surface area (Å²) in [6, 6.07) is 6.58. The van der Waals surface area contributed by atoms with E-state index in [9.17, 15) is 4.79 Å². The molecule has 1 aromatic rings. The largest absolute Gasteiger partial charge is 0.508 e. The Morgan fingerprint density at radius 3 is 2.64 bits per heavy atom. The summed E-state index contributed by atoms with van der Waals surface area (Å²) in [4.78, 5) is 11.2. The van der Waals surface area contributed by atoms with E-state index in [1.54, 1.807) is 30.3 Å². The van der Waals surface area contributed by atoms with E-state index < -0.39 is 0 Å². The molecule has 0 fully saturated rings. The molecule has 0 unspecified atom stereocenters. The Kier molecular flexibility index (Phi) is 3.73. The second kappa shape index (κ2) is 5.07. The van der Waals surface area contributed by atoms with Crippen LogP contribution in [-0.2, 0) is 11.2 Å². The van der Waals surface area contributed by atoms with Gasteiger partial charge in [-0.15, -0.1) is 6.58 Å². The maximum absolute atomic E-state index is 11.2. The Balaban J connectivity index is 2.47. The van der Waals surface area contributed by atoms with Gasteiger partial charge in [0.15, 0.2) is 0 Å². The van der Waals surface area contributed by atoms with Gasteiger partial charge in [0.25, 0.3) is 0 Å². The zero-order valence-corrected chi connectivity index (χ0v) is 7.86. The average Bonchev–Trinajstić information content (AvgIpc) is 2.18. The van der Waals surface area contributed by atoms with Crippen LogP contribution in [-0.4, -0.2) is 17.6 Å². The third kappa shape index (κ3) is 3.31. The number of nitrogens with one attached hydrogen (secondary N) is 1. The minimum atomic E-state index is -0.0458. The molecule has 1 amide bonds. The monoisotopic (exact) mass is 191 g/mol. The highest BCUT2D eigenvalue weighted by Gasteiger charge is 2.01. The predicted octanol–water partition coefficient (Wildman–Crippen LogP) is 1.24. The Morgan fingerprint density at radius 1 is 1.43 bits per heavy atom. The molecule has 0 atom stereocenters. The van der Waals surface area contributed by atoms with Crippen molar-refractivity contribution >= 4 is 5.91 Å². The van der Waals surface area contributed by atoms with Gasteiger partial charge in [-0.2, -0.15) is 0 Å². The SMILES string of the molecule is C=CCNC(=O)Cc1ccc(O)cc1. The fraction of sp³-hybridized carbons (Fsp3) is 0.182. The molecule has 14 heavy (non-hydrogen) atoms. The maximum atomic E-state index is 11.2. The smallest absolute Gasteiger partial charge is 0.224 e. The maximum Gasteiger partial charge on any atom is 0.224 e. The lowest BCUT2D eigenvalue weighted by atomic mass is 10.1. The summed E-state index contributed by atoms with van der Waals surface area (Å²) in [5, 5.41) is 11.7. The number of hydrogen-bond donors (Lipinski definition) is 2. The highest BCUT2D eigenvalue weighted by atomic mass is 16.3. The lowest BCUT2D eigenvalue weighted by molar-refractivity contribution is -0.120. The summed E-state index contributed by atoms with van der Waals surface area (Å²) in [5.41, 5.74) is 0.879. The van der Waals surface area contributed by atoms with E-state index in [0.717, 1.165) is 5.56 Å². The molecule has 0 aliphatic heterocycles. The molecule has 0 aliphatic rings. The van der Waals surface area contributed by atoms with Crippen molar-refractivity contribution in [3.8, 4) is 5.75 Å².